The van der Waals surface area contributed by atoms with E-state index >= 15 is 0 Å². The summed E-state index contributed by atoms with van der Waals surface area (Å²) in [5.41, 5.74) is 1.75. The van der Waals surface area contributed by atoms with Crippen molar-refractivity contribution in [3.8, 4) is 0 Å². The Kier molecular flexibility index (Phi) is 5.96. The van der Waals surface area contributed by atoms with E-state index in [1.54, 1.807) is 19.3 Å². The van der Waals surface area contributed by atoms with Gasteiger partial charge in [0.2, 0.25) is 11.8 Å². The average molecular weight is 346 g/mol. The Hall–Kier alpha value is -2.02. The molecule has 2 aliphatic rings. The van der Waals surface area contributed by atoms with Crippen molar-refractivity contribution in [1.82, 2.24) is 20.2 Å². The second-order valence-corrected chi connectivity index (χ2v) is 6.74. The highest BCUT2D eigenvalue weighted by molar-refractivity contribution is 5.80. The fraction of sp³-hybridized carbons (Fsp3) is 0.667. The Balaban J connectivity index is 1.59. The van der Waals surface area contributed by atoms with Crippen LogP contribution < -0.4 is 5.32 Å². The molecule has 0 bridgehead atoms. The molecule has 1 aromatic rings. The normalized spacial score (nSPS) is 21.8. The van der Waals surface area contributed by atoms with Crippen LogP contribution in [0.15, 0.2) is 12.4 Å². The zero-order valence-electron chi connectivity index (χ0n) is 14.7. The topological polar surface area (TPSA) is 84.4 Å². The summed E-state index contributed by atoms with van der Waals surface area (Å²) in [5.74, 6) is 0.336. The molecule has 0 aromatic carbocycles. The Bertz CT molecular complexity index is 608. The van der Waals surface area contributed by atoms with Crippen LogP contribution in [0.1, 0.15) is 56.3 Å². The van der Waals surface area contributed by atoms with Crippen LogP contribution in [0, 0.1) is 0 Å². The van der Waals surface area contributed by atoms with Gasteiger partial charge in [-0.2, -0.15) is 0 Å². The number of nitrogens with one attached hydrogen (secondary N) is 1. The van der Waals surface area contributed by atoms with Crippen molar-refractivity contribution in [3.63, 3.8) is 0 Å². The third-order valence-corrected chi connectivity index (χ3v) is 5.04. The van der Waals surface area contributed by atoms with Crippen molar-refractivity contribution in [1.29, 1.82) is 0 Å². The van der Waals surface area contributed by atoms with Gasteiger partial charge in [-0.3, -0.25) is 19.6 Å². The van der Waals surface area contributed by atoms with Crippen molar-refractivity contribution in [2.45, 2.75) is 57.6 Å². The minimum absolute atomic E-state index is 0.0669. The van der Waals surface area contributed by atoms with E-state index in [-0.39, 0.29) is 23.8 Å². The van der Waals surface area contributed by atoms with Gasteiger partial charge < -0.3 is 15.0 Å². The fourth-order valence-corrected chi connectivity index (χ4v) is 3.55. The number of piperidine rings is 1. The largest absolute Gasteiger partial charge is 0.368 e. The zero-order valence-corrected chi connectivity index (χ0v) is 14.7. The molecule has 2 amide bonds. The van der Waals surface area contributed by atoms with Gasteiger partial charge in [0.1, 0.15) is 6.10 Å². The number of nitrogens with zero attached hydrogens (tertiary/aromatic N) is 3. The van der Waals surface area contributed by atoms with E-state index in [0.717, 1.165) is 56.6 Å². The number of hydrogen-bond donors (Lipinski definition) is 1. The molecule has 1 atom stereocenters. The van der Waals surface area contributed by atoms with E-state index in [2.05, 4.69) is 15.3 Å². The van der Waals surface area contributed by atoms with Crippen molar-refractivity contribution in [3.05, 3.63) is 23.8 Å². The second kappa shape index (κ2) is 8.38. The molecule has 0 radical (unpaired) electrons. The zero-order chi connectivity index (χ0) is 17.6. The van der Waals surface area contributed by atoms with Crippen LogP contribution in [0.2, 0.25) is 0 Å². The molecule has 7 heteroatoms. The molecule has 3 heterocycles. The van der Waals surface area contributed by atoms with Crippen LogP contribution >= 0.6 is 0 Å². The van der Waals surface area contributed by atoms with Gasteiger partial charge in [0.25, 0.3) is 0 Å². The van der Waals surface area contributed by atoms with Gasteiger partial charge in [0.15, 0.2) is 0 Å². The van der Waals surface area contributed by atoms with Crippen LogP contribution in [0.5, 0.6) is 0 Å². The Morgan fingerprint density at radius 2 is 1.96 bits per heavy atom. The monoisotopic (exact) mass is 346 g/mol. The minimum atomic E-state index is -0.340. The summed E-state index contributed by atoms with van der Waals surface area (Å²) >= 11 is 0. The number of ether oxygens (including phenoxy) is 1. The highest BCUT2D eigenvalue weighted by Crippen LogP contribution is 2.28. The fourth-order valence-electron chi connectivity index (χ4n) is 3.55. The quantitative estimate of drug-likeness (QED) is 0.890. The van der Waals surface area contributed by atoms with Gasteiger partial charge in [-0.25, -0.2) is 0 Å². The highest BCUT2D eigenvalue weighted by Gasteiger charge is 2.26. The first-order valence-corrected chi connectivity index (χ1v) is 9.09. The highest BCUT2D eigenvalue weighted by atomic mass is 16.5. The lowest BCUT2D eigenvalue weighted by atomic mass is 9.92. The average Bonchev–Trinajstić information content (AvgIpc) is 2.67. The molecular weight excluding hydrogens is 320 g/mol. The van der Waals surface area contributed by atoms with Gasteiger partial charge in [-0.15, -0.1) is 0 Å². The summed E-state index contributed by atoms with van der Waals surface area (Å²) in [6.07, 6.45) is 7.61. The lowest BCUT2D eigenvalue weighted by molar-refractivity contribution is -0.135. The second-order valence-electron chi connectivity index (χ2n) is 6.74. The molecule has 1 unspecified atom stereocenters. The molecule has 0 saturated carbocycles. The van der Waals surface area contributed by atoms with Crippen molar-refractivity contribution >= 4 is 11.8 Å². The summed E-state index contributed by atoms with van der Waals surface area (Å²) < 4.78 is 5.52. The van der Waals surface area contributed by atoms with E-state index in [9.17, 15) is 9.59 Å². The summed E-state index contributed by atoms with van der Waals surface area (Å²) in [6.45, 7) is 4.13. The Morgan fingerprint density at radius 3 is 2.64 bits per heavy atom. The molecule has 2 aliphatic heterocycles. The number of carbonyl (C=O) groups excluding carboxylic acids is 2. The number of carbonyl (C=O) groups is 2. The van der Waals surface area contributed by atoms with Crippen molar-refractivity contribution in [2.75, 3.05) is 19.7 Å². The van der Waals surface area contributed by atoms with Crippen LogP contribution in [0.25, 0.3) is 0 Å². The Labute approximate surface area is 148 Å². The predicted molar refractivity (Wildman–Crippen MR) is 91.7 cm³/mol. The molecule has 136 valence electrons. The predicted octanol–water partition coefficient (Wildman–Crippen LogP) is 1.39. The van der Waals surface area contributed by atoms with E-state index in [1.165, 1.54) is 0 Å². The van der Waals surface area contributed by atoms with E-state index in [0.29, 0.717) is 13.2 Å². The van der Waals surface area contributed by atoms with Gasteiger partial charge in [-0.05, 0) is 32.1 Å². The van der Waals surface area contributed by atoms with Gasteiger partial charge in [-0.1, -0.05) is 0 Å². The first kappa shape index (κ1) is 17.8. The molecule has 2 saturated heterocycles. The summed E-state index contributed by atoms with van der Waals surface area (Å²) in [7, 11) is 0. The first-order chi connectivity index (χ1) is 12.1. The summed E-state index contributed by atoms with van der Waals surface area (Å²) in [5, 5.41) is 2.94. The van der Waals surface area contributed by atoms with Gasteiger partial charge in [0, 0.05) is 44.9 Å². The molecular formula is C18H26N4O3. The van der Waals surface area contributed by atoms with Crippen molar-refractivity contribution < 1.29 is 14.3 Å². The van der Waals surface area contributed by atoms with Crippen molar-refractivity contribution in [2.24, 2.45) is 0 Å². The van der Waals surface area contributed by atoms with E-state index in [1.807, 2.05) is 4.90 Å². The molecule has 25 heavy (non-hydrogen) atoms. The number of amides is 2. The van der Waals surface area contributed by atoms with Gasteiger partial charge >= 0.3 is 0 Å². The smallest absolute Gasteiger partial charge is 0.249 e. The summed E-state index contributed by atoms with van der Waals surface area (Å²) in [6, 6.07) is 0. The SMILES string of the molecule is CC(=O)N1CCC(c2nccnc2CNC(=O)C2CCCCO2)CC1. The molecule has 3 rings (SSSR count). The maximum absolute atomic E-state index is 12.2. The molecule has 1 N–H and O–H groups in total. The molecule has 2 fully saturated rings. The number of aromatic nitrogens is 2. The molecule has 1 aromatic heterocycles. The third kappa shape index (κ3) is 4.54. The maximum atomic E-state index is 12.2. The lowest BCUT2D eigenvalue weighted by Crippen LogP contribution is -2.39. The lowest BCUT2D eigenvalue weighted by Gasteiger charge is -2.31. The van der Waals surface area contributed by atoms with Crippen LogP contribution in [0.3, 0.4) is 0 Å². The number of rotatable bonds is 4. The third-order valence-electron chi connectivity index (χ3n) is 5.04. The minimum Gasteiger partial charge on any atom is -0.368 e. The van der Waals surface area contributed by atoms with Crippen LogP contribution in [0.4, 0.5) is 0 Å². The summed E-state index contributed by atoms with van der Waals surface area (Å²) in [4.78, 5) is 34.5. The van der Waals surface area contributed by atoms with E-state index in [4.69, 9.17) is 4.74 Å². The number of likely N-dealkylation sites (tertiary alicyclic amines) is 1. The van der Waals surface area contributed by atoms with Gasteiger partial charge in [0.05, 0.1) is 17.9 Å². The first-order valence-electron chi connectivity index (χ1n) is 9.09. The molecule has 0 spiro atoms. The molecule has 0 aliphatic carbocycles. The van der Waals surface area contributed by atoms with Crippen LogP contribution in [-0.2, 0) is 20.9 Å². The standard InChI is InChI=1S/C18H26N4O3/c1-13(23)22-9-5-14(6-10-22)17-15(19-7-8-20-17)12-21-18(24)16-4-2-3-11-25-16/h7-8,14,16H,2-6,9-12H2,1H3,(H,21,24). The van der Waals surface area contributed by atoms with Crippen LogP contribution in [-0.4, -0.2) is 52.5 Å². The number of hydrogen-bond acceptors (Lipinski definition) is 5. The maximum Gasteiger partial charge on any atom is 0.249 e. The van der Waals surface area contributed by atoms with E-state index < -0.39 is 0 Å². The molecule has 7 nitrogen and oxygen atoms in total. The Morgan fingerprint density at radius 1 is 1.20 bits per heavy atom.